The second-order valence-electron chi connectivity index (χ2n) is 7.37. The molecule has 2 aliphatic rings. The molecule has 3 rings (SSSR count). The topological polar surface area (TPSA) is 86.7 Å². The number of carboxylic acids is 1. The fourth-order valence-electron chi connectivity index (χ4n) is 4.01. The van der Waals surface area contributed by atoms with Crippen LogP contribution in [0.3, 0.4) is 0 Å². The molecule has 2 atom stereocenters. The van der Waals surface area contributed by atoms with Crippen LogP contribution in [0.1, 0.15) is 55.3 Å². The minimum Gasteiger partial charge on any atom is -0.481 e. The lowest BCUT2D eigenvalue weighted by molar-refractivity contribution is -0.147. The second-order valence-corrected chi connectivity index (χ2v) is 7.78. The van der Waals surface area contributed by atoms with Gasteiger partial charge >= 0.3 is 5.97 Å². The third-order valence-electron chi connectivity index (χ3n) is 5.53. The molecule has 6 nitrogen and oxygen atoms in total. The van der Waals surface area contributed by atoms with Gasteiger partial charge in [-0.05, 0) is 50.3 Å². The van der Waals surface area contributed by atoms with Crippen LogP contribution >= 0.6 is 11.6 Å². The Labute approximate surface area is 163 Å². The van der Waals surface area contributed by atoms with E-state index in [1.807, 2.05) is 4.90 Å². The molecule has 1 aromatic rings. The molecule has 1 heterocycles. The summed E-state index contributed by atoms with van der Waals surface area (Å²) in [6.07, 6.45) is 5.93. The number of nitrogens with zero attached hydrogens (tertiary/aromatic N) is 1. The summed E-state index contributed by atoms with van der Waals surface area (Å²) in [7, 11) is 0. The molecule has 1 aliphatic heterocycles. The number of amides is 2. The van der Waals surface area contributed by atoms with Gasteiger partial charge in [0, 0.05) is 18.8 Å². The molecule has 2 fully saturated rings. The van der Waals surface area contributed by atoms with Crippen LogP contribution in [0, 0.1) is 11.8 Å². The van der Waals surface area contributed by atoms with Crippen LogP contribution in [0.25, 0.3) is 0 Å². The van der Waals surface area contributed by atoms with Gasteiger partial charge in [0.05, 0.1) is 22.4 Å². The fourth-order valence-corrected chi connectivity index (χ4v) is 4.27. The predicted molar refractivity (Wildman–Crippen MR) is 103 cm³/mol. The fraction of sp³-hybridized carbons (Fsp3) is 0.550. The van der Waals surface area contributed by atoms with E-state index in [9.17, 15) is 19.5 Å². The van der Waals surface area contributed by atoms with Gasteiger partial charge in [-0.3, -0.25) is 14.4 Å². The number of halogens is 1. The average molecular weight is 393 g/mol. The number of aliphatic carboxylic acids is 1. The number of carbonyl (C=O) groups excluding carboxylic acids is 2. The Kier molecular flexibility index (Phi) is 6.37. The number of carbonyl (C=O) groups is 3. The Morgan fingerprint density at radius 2 is 1.67 bits per heavy atom. The zero-order chi connectivity index (χ0) is 19.4. The van der Waals surface area contributed by atoms with Gasteiger partial charge in [-0.2, -0.15) is 0 Å². The number of benzene rings is 1. The van der Waals surface area contributed by atoms with Crippen LogP contribution < -0.4 is 5.32 Å². The Balaban J connectivity index is 1.69. The summed E-state index contributed by atoms with van der Waals surface area (Å²) in [4.78, 5) is 38.4. The van der Waals surface area contributed by atoms with Gasteiger partial charge in [-0.15, -0.1) is 0 Å². The minimum atomic E-state index is -0.921. The van der Waals surface area contributed by atoms with Gasteiger partial charge < -0.3 is 15.3 Å². The molecule has 0 aromatic heterocycles. The summed E-state index contributed by atoms with van der Waals surface area (Å²) < 4.78 is 0. The largest absolute Gasteiger partial charge is 0.481 e. The number of nitrogens with one attached hydrogen (secondary N) is 1. The molecule has 1 saturated heterocycles. The number of hydrogen-bond donors (Lipinski definition) is 2. The molecule has 7 heteroatoms. The van der Waals surface area contributed by atoms with Gasteiger partial charge in [0.1, 0.15) is 0 Å². The van der Waals surface area contributed by atoms with Crippen molar-refractivity contribution in [3.8, 4) is 0 Å². The standard InChI is InChI=1S/C20H25ClN2O4/c21-17-12-13(8-9-16(17)19(25)23-10-4-1-5-11-23)22-18(24)14-6-2-3-7-15(14)20(26)27/h8-9,12,14-15H,1-7,10-11H2,(H,22,24)(H,26,27)/t14-,15-/m1/s1. The van der Waals surface area contributed by atoms with Crippen molar-refractivity contribution >= 4 is 35.1 Å². The molecule has 1 aliphatic carbocycles. The van der Waals surface area contributed by atoms with Crippen LogP contribution in [0.4, 0.5) is 5.69 Å². The van der Waals surface area contributed by atoms with E-state index >= 15 is 0 Å². The van der Waals surface area contributed by atoms with Crippen molar-refractivity contribution in [3.63, 3.8) is 0 Å². The Morgan fingerprint density at radius 1 is 1.00 bits per heavy atom. The number of anilines is 1. The molecule has 146 valence electrons. The Hall–Kier alpha value is -2.08. The lowest BCUT2D eigenvalue weighted by Gasteiger charge is -2.28. The van der Waals surface area contributed by atoms with Crippen molar-refractivity contribution in [2.45, 2.75) is 44.9 Å². The first-order valence-corrected chi connectivity index (χ1v) is 9.97. The van der Waals surface area contributed by atoms with Crippen LogP contribution in [0.2, 0.25) is 5.02 Å². The summed E-state index contributed by atoms with van der Waals surface area (Å²) in [5.41, 5.74) is 0.910. The summed E-state index contributed by atoms with van der Waals surface area (Å²) in [6.45, 7) is 1.48. The number of piperidine rings is 1. The third-order valence-corrected chi connectivity index (χ3v) is 5.84. The number of rotatable bonds is 4. The number of hydrogen-bond acceptors (Lipinski definition) is 3. The smallest absolute Gasteiger partial charge is 0.307 e. The Bertz CT molecular complexity index is 731. The van der Waals surface area contributed by atoms with Gasteiger partial charge in [0.2, 0.25) is 5.91 Å². The average Bonchev–Trinajstić information content (AvgIpc) is 2.68. The summed E-state index contributed by atoms with van der Waals surface area (Å²) >= 11 is 6.30. The first-order chi connectivity index (χ1) is 13.0. The highest BCUT2D eigenvalue weighted by Crippen LogP contribution is 2.32. The van der Waals surface area contributed by atoms with E-state index in [0.717, 1.165) is 45.2 Å². The first-order valence-electron chi connectivity index (χ1n) is 9.60. The normalized spacial score (nSPS) is 22.9. The van der Waals surface area contributed by atoms with Crippen LogP contribution in [0.5, 0.6) is 0 Å². The molecule has 0 bridgehead atoms. The number of carboxylic acid groups (broad SMARTS) is 1. The van der Waals surface area contributed by atoms with Crippen LogP contribution in [-0.4, -0.2) is 40.9 Å². The Morgan fingerprint density at radius 3 is 2.30 bits per heavy atom. The van der Waals surface area contributed by atoms with Crippen molar-refractivity contribution in [1.29, 1.82) is 0 Å². The summed E-state index contributed by atoms with van der Waals surface area (Å²) in [5.74, 6) is -2.49. The molecule has 0 spiro atoms. The van der Waals surface area contributed by atoms with Gasteiger partial charge in [-0.1, -0.05) is 24.4 Å². The summed E-state index contributed by atoms with van der Waals surface area (Å²) in [5, 5.41) is 12.4. The van der Waals surface area contributed by atoms with Crippen molar-refractivity contribution in [1.82, 2.24) is 4.90 Å². The first kappa shape index (κ1) is 19.7. The lowest BCUT2D eigenvalue weighted by Crippen LogP contribution is -2.36. The van der Waals surface area contributed by atoms with Crippen molar-refractivity contribution in [3.05, 3.63) is 28.8 Å². The van der Waals surface area contributed by atoms with E-state index < -0.39 is 17.8 Å². The molecule has 1 aromatic carbocycles. The molecule has 1 saturated carbocycles. The highest BCUT2D eigenvalue weighted by atomic mass is 35.5. The maximum absolute atomic E-state index is 12.6. The van der Waals surface area contributed by atoms with Crippen molar-refractivity contribution < 1.29 is 19.5 Å². The van der Waals surface area contributed by atoms with Crippen LogP contribution in [0.15, 0.2) is 18.2 Å². The van der Waals surface area contributed by atoms with E-state index in [-0.39, 0.29) is 11.8 Å². The van der Waals surface area contributed by atoms with E-state index in [0.29, 0.717) is 29.1 Å². The van der Waals surface area contributed by atoms with Gasteiger partial charge in [0.15, 0.2) is 0 Å². The molecule has 0 unspecified atom stereocenters. The minimum absolute atomic E-state index is 0.0872. The van der Waals surface area contributed by atoms with E-state index in [1.165, 1.54) is 0 Å². The summed E-state index contributed by atoms with van der Waals surface area (Å²) in [6, 6.07) is 4.85. The molecule has 27 heavy (non-hydrogen) atoms. The van der Waals surface area contributed by atoms with Crippen molar-refractivity contribution in [2.75, 3.05) is 18.4 Å². The second kappa shape index (κ2) is 8.74. The molecule has 0 radical (unpaired) electrons. The third kappa shape index (κ3) is 4.61. The zero-order valence-corrected chi connectivity index (χ0v) is 16.0. The van der Waals surface area contributed by atoms with Gasteiger partial charge in [0.25, 0.3) is 5.91 Å². The van der Waals surface area contributed by atoms with E-state index in [2.05, 4.69) is 5.32 Å². The van der Waals surface area contributed by atoms with Crippen LogP contribution in [-0.2, 0) is 9.59 Å². The maximum atomic E-state index is 12.6. The molecular weight excluding hydrogens is 368 g/mol. The quantitative estimate of drug-likeness (QED) is 0.815. The van der Waals surface area contributed by atoms with E-state index in [1.54, 1.807) is 18.2 Å². The molecular formula is C20H25ClN2O4. The zero-order valence-electron chi connectivity index (χ0n) is 15.2. The maximum Gasteiger partial charge on any atom is 0.307 e. The van der Waals surface area contributed by atoms with E-state index in [4.69, 9.17) is 11.6 Å². The molecule has 2 amide bonds. The SMILES string of the molecule is O=C(O)[C@@H]1CCCC[C@H]1C(=O)Nc1ccc(C(=O)N2CCCCC2)c(Cl)c1. The number of likely N-dealkylation sites (tertiary alicyclic amines) is 1. The predicted octanol–water partition coefficient (Wildman–Crippen LogP) is 3.80. The highest BCUT2D eigenvalue weighted by Gasteiger charge is 2.35. The highest BCUT2D eigenvalue weighted by molar-refractivity contribution is 6.34. The van der Waals surface area contributed by atoms with Crippen molar-refractivity contribution in [2.24, 2.45) is 11.8 Å². The van der Waals surface area contributed by atoms with Gasteiger partial charge in [-0.25, -0.2) is 0 Å². The monoisotopic (exact) mass is 392 g/mol. The molecule has 2 N–H and O–H groups in total. The lowest BCUT2D eigenvalue weighted by atomic mass is 9.78.